The van der Waals surface area contributed by atoms with Gasteiger partial charge in [0.2, 0.25) is 0 Å². The van der Waals surface area contributed by atoms with Crippen LogP contribution in [-0.4, -0.2) is 148 Å². The quantitative estimate of drug-likeness (QED) is 0.0595. The number of aryl methyl sites for hydroxylation is 2. The SMILES string of the molecule is CS(=O)(=O)CCn1c(=O)ccc2ccc(F)c(CC=O)c21.CS(=O)(=O)CCn1c(=O)ccc2ccc(F)c(CCNC[C@H]3CN(c4ccc5c(n4)CC(=O)CO5)C(=O)O3)c21.I[I-]I.NC[C@H]1CN(c2ccc3c(n2)CC(=O)CO3)C(=O)O1.S.S.[CH3-].[I][V]([I])[I]. The average Bonchev–Trinajstić information content (AvgIpc) is 1.86. The van der Waals surface area contributed by atoms with Crippen LogP contribution in [0, 0.1) is 19.1 Å². The Hall–Kier alpha value is -2.35. The number of benzene rings is 2. The molecular formula is C53H61F2I6N8O15S4V-2. The van der Waals surface area contributed by atoms with E-state index in [9.17, 15) is 59.2 Å². The molecule has 0 aliphatic carbocycles. The summed E-state index contributed by atoms with van der Waals surface area (Å²) < 4.78 is 98.4. The van der Waals surface area contributed by atoms with Gasteiger partial charge in [0, 0.05) is 68.4 Å². The first-order valence-electron chi connectivity index (χ1n) is 25.5. The Morgan fingerprint density at radius 1 is 0.674 bits per heavy atom. The number of ether oxygens (including phenoxy) is 4. The van der Waals surface area contributed by atoms with E-state index in [-0.39, 0.29) is 145 Å². The zero-order valence-corrected chi connectivity index (χ0v) is 65.4. The molecule has 2 aromatic carbocycles. The predicted molar refractivity (Wildman–Crippen MR) is 381 cm³/mol. The van der Waals surface area contributed by atoms with Crippen molar-refractivity contribution in [2.75, 3.05) is 79.8 Å². The number of fused-ring (bicyclic) bond motifs is 4. The van der Waals surface area contributed by atoms with Crippen LogP contribution < -0.4 is 54.7 Å². The molecule has 0 spiro atoms. The molecule has 490 valence electrons. The number of Topliss-reactive ketones (excluding diaryl/α,β-unsaturated/α-hetero) is 2. The van der Waals surface area contributed by atoms with Gasteiger partial charge in [0.05, 0.1) is 59.9 Å². The summed E-state index contributed by atoms with van der Waals surface area (Å²) in [5.74, 6) is 0.250. The second-order valence-corrected chi connectivity index (χ2v) is 75.2. The molecule has 10 rings (SSSR count). The summed E-state index contributed by atoms with van der Waals surface area (Å²) in [7, 11) is -6.60. The van der Waals surface area contributed by atoms with Gasteiger partial charge in [-0.25, -0.2) is 45.2 Å². The number of hydrogen-bond donors (Lipinski definition) is 2. The molecule has 4 aliphatic heterocycles. The van der Waals surface area contributed by atoms with E-state index >= 15 is 0 Å². The van der Waals surface area contributed by atoms with E-state index in [1.54, 1.807) is 36.4 Å². The monoisotopic (exact) mass is 2030 g/mol. The molecule has 6 aromatic rings. The molecule has 4 aliphatic rings. The fraction of sp³-hybridized carbons (Fsp3) is 0.358. The number of nitrogens with zero attached hydrogens (tertiary/aromatic N) is 6. The van der Waals surface area contributed by atoms with Crippen LogP contribution in [0.1, 0.15) is 22.5 Å². The molecule has 0 saturated carbocycles. The van der Waals surface area contributed by atoms with Crippen molar-refractivity contribution in [2.45, 2.75) is 51.0 Å². The zero-order chi connectivity index (χ0) is 63.0. The Morgan fingerprint density at radius 2 is 1.08 bits per heavy atom. The third kappa shape index (κ3) is 24.1. The maximum absolute atomic E-state index is 14.9. The number of hydrogen-bond acceptors (Lipinski definition) is 19. The Labute approximate surface area is 593 Å². The number of pyridine rings is 4. The van der Waals surface area contributed by atoms with Gasteiger partial charge in [-0.1, -0.05) is 0 Å². The number of nitrogens with two attached hydrogens (primary N) is 1. The summed E-state index contributed by atoms with van der Waals surface area (Å²) in [4.78, 5) is 93.7. The summed E-state index contributed by atoms with van der Waals surface area (Å²) in [5, 5.41) is 4.38. The number of amides is 2. The molecule has 0 unspecified atom stereocenters. The summed E-state index contributed by atoms with van der Waals surface area (Å²) >= 11 is 12.7. The van der Waals surface area contributed by atoms with Gasteiger partial charge >= 0.3 is 128 Å². The second-order valence-electron chi connectivity index (χ2n) is 19.1. The molecule has 2 atom stereocenters. The average molecular weight is 2030 g/mol. The van der Waals surface area contributed by atoms with Crippen molar-refractivity contribution in [3.05, 3.63) is 135 Å². The van der Waals surface area contributed by atoms with Crippen LogP contribution in [0.3, 0.4) is 0 Å². The van der Waals surface area contributed by atoms with E-state index in [1.165, 1.54) is 55.3 Å². The summed E-state index contributed by atoms with van der Waals surface area (Å²) in [6, 6.07) is 18.1. The van der Waals surface area contributed by atoms with Gasteiger partial charge in [-0.3, -0.25) is 29.0 Å². The van der Waals surface area contributed by atoms with Gasteiger partial charge in [0.25, 0.3) is 11.1 Å². The number of carbonyl (C=O) groups excluding carboxylic acids is 5. The van der Waals surface area contributed by atoms with Gasteiger partial charge in [-0.05, 0) is 84.4 Å². The summed E-state index contributed by atoms with van der Waals surface area (Å²) in [6.07, 6.45) is 1.28. The van der Waals surface area contributed by atoms with Crippen molar-refractivity contribution in [3.63, 3.8) is 0 Å². The third-order valence-electron chi connectivity index (χ3n) is 12.9. The number of nitrogens with one attached hydrogen (secondary N) is 1. The van der Waals surface area contributed by atoms with Crippen molar-refractivity contribution in [1.82, 2.24) is 24.4 Å². The number of aromatic nitrogens is 4. The molecule has 0 radical (unpaired) electrons. The Kier molecular flexibility index (Phi) is 34.8. The fourth-order valence-electron chi connectivity index (χ4n) is 9.05. The van der Waals surface area contributed by atoms with Gasteiger partial charge < -0.3 is 51.4 Å². The fourth-order valence-corrected chi connectivity index (χ4v) is 10.1. The molecule has 2 fully saturated rings. The van der Waals surface area contributed by atoms with E-state index in [0.717, 1.165) is 12.5 Å². The molecular weight excluding hydrogens is 1970 g/mol. The number of carbonyl (C=O) groups is 5. The van der Waals surface area contributed by atoms with E-state index in [4.69, 9.17) is 24.7 Å². The number of anilines is 2. The van der Waals surface area contributed by atoms with Crippen molar-refractivity contribution in [1.29, 1.82) is 0 Å². The minimum atomic E-state index is -3.33. The topological polar surface area (TPSA) is 305 Å². The van der Waals surface area contributed by atoms with Crippen molar-refractivity contribution in [3.8, 4) is 11.5 Å². The normalized spacial score (nSPS) is 15.7. The summed E-state index contributed by atoms with van der Waals surface area (Å²) in [5.41, 5.74) is 6.72. The minimum absolute atomic E-state index is 0. The van der Waals surface area contributed by atoms with Crippen LogP contribution in [0.15, 0.2) is 82.4 Å². The van der Waals surface area contributed by atoms with Crippen molar-refractivity contribution in [2.24, 2.45) is 5.73 Å². The third-order valence-corrected chi connectivity index (χ3v) is 14.7. The van der Waals surface area contributed by atoms with Gasteiger partial charge in [0.15, 0.2) is 11.6 Å². The Bertz CT molecular complexity index is 3870. The number of halogens is 8. The first-order valence-corrected chi connectivity index (χ1v) is 55.7. The van der Waals surface area contributed by atoms with Crippen molar-refractivity contribution >= 4 is 207 Å². The molecule has 89 heavy (non-hydrogen) atoms. The molecule has 2 amide bonds. The Balaban J connectivity index is 0.000000351. The molecule has 8 heterocycles. The molecule has 3 N–H and O–H groups in total. The van der Waals surface area contributed by atoms with Crippen LogP contribution in [0.5, 0.6) is 11.5 Å². The number of sulfone groups is 2. The van der Waals surface area contributed by atoms with Crippen LogP contribution in [0.2, 0.25) is 0 Å². The van der Waals surface area contributed by atoms with E-state index < -0.39 is 60.7 Å². The molecule has 36 heteroatoms. The van der Waals surface area contributed by atoms with Crippen LogP contribution in [0.4, 0.5) is 30.0 Å². The standard InChI is InChI=1S/C26H27FN4O7S.C14H14FNO4S.C12H13N3O4.CH3.I3.3HI.2H2S.V/c1-39(35,36)11-10-30-24(33)7-3-16-2-4-20(27)19(25(16)30)8-9-28-13-18-14-31(26(34)38-18)23-6-5-22-21(29-23)12-17(32)15-37-22;1-21(19,20)9-7-16-13(18)5-3-10-2-4-12(15)11(6-8-17)14(10)16;13-4-8-5-15(12(17)19-8)11-2-1-10-9(14-11)3-7(16)6-18-10;;1-3-2;;;;;;/h2-7,18,28H,8-15H2,1H3;2-5,8H,6-7,9H2,1H3;1-2,8H,3-6,13H2;1H3;;3*1H;2*1H2;/q;;;2*-1;;;;;;+3/p-3/t18-;;8-;;;;;;;;/m0.0......../s1. The Morgan fingerprint density at radius 3 is 1.49 bits per heavy atom. The van der Waals surface area contributed by atoms with Crippen LogP contribution in [-0.2, 0) is 87.2 Å². The van der Waals surface area contributed by atoms with Crippen LogP contribution >= 0.6 is 124 Å². The molecule has 23 nitrogen and oxygen atoms in total. The van der Waals surface area contributed by atoms with Crippen molar-refractivity contribution < 1.29 is 86.7 Å². The van der Waals surface area contributed by atoms with Gasteiger partial charge in [-0.15, -0.1) is 0 Å². The number of cyclic esters (lactones) is 2. The zero-order valence-electron chi connectivity index (χ0n) is 47.4. The summed E-state index contributed by atoms with van der Waals surface area (Å²) in [6.45, 7) is 1.42. The molecule has 2 saturated heterocycles. The predicted octanol–water partition coefficient (Wildman–Crippen LogP) is 4.14. The number of rotatable bonds is 16. The van der Waals surface area contributed by atoms with E-state index in [0.29, 0.717) is 95.6 Å². The maximum atomic E-state index is 14.9. The number of aldehydes is 1. The van der Waals surface area contributed by atoms with Gasteiger partial charge in [-0.2, -0.15) is 27.0 Å². The van der Waals surface area contributed by atoms with E-state index in [1.807, 2.05) is 0 Å². The first kappa shape index (κ1) is 80.9. The van der Waals surface area contributed by atoms with Crippen LogP contribution in [0.25, 0.3) is 21.8 Å². The van der Waals surface area contributed by atoms with Gasteiger partial charge in [0.1, 0.15) is 86.2 Å². The molecule has 4 aromatic heterocycles. The van der Waals surface area contributed by atoms with E-state index in [2.05, 4.69) is 112 Å². The number of ketones is 2. The molecule has 0 bridgehead atoms. The second kappa shape index (κ2) is 38.3. The first-order chi connectivity index (χ1) is 40.7.